The quantitative estimate of drug-likeness (QED) is 0.691. The summed E-state index contributed by atoms with van der Waals surface area (Å²) in [7, 11) is 0. The summed E-state index contributed by atoms with van der Waals surface area (Å²) in [4.78, 5) is 15.8. The lowest BCUT2D eigenvalue weighted by Gasteiger charge is -2.04. The average Bonchev–Trinajstić information content (AvgIpc) is 3.06. The van der Waals surface area contributed by atoms with Crippen molar-refractivity contribution in [2.24, 2.45) is 0 Å². The smallest absolute Gasteiger partial charge is 0.356 e. The highest BCUT2D eigenvalue weighted by Crippen LogP contribution is 2.22. The summed E-state index contributed by atoms with van der Waals surface area (Å²) < 4.78 is 11.3. The molecule has 0 amide bonds. The van der Waals surface area contributed by atoms with Crippen LogP contribution in [-0.2, 0) is 11.3 Å². The van der Waals surface area contributed by atoms with E-state index < -0.39 is 5.97 Å². The summed E-state index contributed by atoms with van der Waals surface area (Å²) in [5.41, 5.74) is 1.91. The van der Waals surface area contributed by atoms with E-state index in [-0.39, 0.29) is 0 Å². The van der Waals surface area contributed by atoms with E-state index in [4.69, 9.17) is 16.3 Å². The van der Waals surface area contributed by atoms with Gasteiger partial charge < -0.3 is 9.30 Å². The fraction of sp³-hybridized carbons (Fsp3) is 0.231. The third-order valence-electron chi connectivity index (χ3n) is 2.97. The number of hydrogen-bond donors (Lipinski definition) is 0. The number of aromatic nitrogens is 4. The molecule has 0 saturated carbocycles. The van der Waals surface area contributed by atoms with Gasteiger partial charge in [0, 0.05) is 23.1 Å². The molecule has 3 aromatic heterocycles. The Morgan fingerprint density at radius 3 is 3.10 bits per heavy atom. The van der Waals surface area contributed by atoms with E-state index in [1.54, 1.807) is 19.2 Å². The third-order valence-corrected chi connectivity index (χ3v) is 3.96. The molecule has 6 nitrogen and oxygen atoms in total. The van der Waals surface area contributed by atoms with Gasteiger partial charge in [-0.15, -0.1) is 5.10 Å². The molecule has 0 aliphatic rings. The van der Waals surface area contributed by atoms with Gasteiger partial charge in [0.1, 0.15) is 15.7 Å². The Labute approximate surface area is 129 Å². The van der Waals surface area contributed by atoms with Gasteiger partial charge in [0.15, 0.2) is 0 Å². The lowest BCUT2D eigenvalue weighted by molar-refractivity contribution is 0.0519. The van der Waals surface area contributed by atoms with Crippen LogP contribution >= 0.6 is 23.1 Å². The summed E-state index contributed by atoms with van der Waals surface area (Å²) in [5.74, 6) is -0.418. The zero-order chi connectivity index (χ0) is 14.8. The summed E-state index contributed by atoms with van der Waals surface area (Å²) >= 11 is 7.17. The van der Waals surface area contributed by atoms with Crippen LogP contribution in [0, 0.1) is 0 Å². The van der Waals surface area contributed by atoms with E-state index >= 15 is 0 Å². The number of fused-ring (bicyclic) bond motifs is 1. The van der Waals surface area contributed by atoms with E-state index in [0.29, 0.717) is 28.9 Å². The van der Waals surface area contributed by atoms with Gasteiger partial charge >= 0.3 is 5.97 Å². The molecule has 8 heteroatoms. The van der Waals surface area contributed by atoms with E-state index in [9.17, 15) is 4.79 Å². The van der Waals surface area contributed by atoms with Gasteiger partial charge in [-0.25, -0.2) is 9.78 Å². The molecule has 0 atom stereocenters. The maximum atomic E-state index is 11.7. The van der Waals surface area contributed by atoms with Crippen molar-refractivity contribution in [3.8, 4) is 0 Å². The van der Waals surface area contributed by atoms with Crippen molar-refractivity contribution in [2.45, 2.75) is 13.5 Å². The van der Waals surface area contributed by atoms with Crippen LogP contribution in [0.3, 0.4) is 0 Å². The molecular formula is C13H11ClN4O2S. The van der Waals surface area contributed by atoms with Crippen molar-refractivity contribution >= 4 is 40.0 Å². The van der Waals surface area contributed by atoms with Gasteiger partial charge in [-0.05, 0) is 19.1 Å². The summed E-state index contributed by atoms with van der Waals surface area (Å²) in [6.45, 7) is 2.60. The lowest BCUT2D eigenvalue weighted by atomic mass is 10.2. The van der Waals surface area contributed by atoms with Gasteiger partial charge in [-0.2, -0.15) is 0 Å². The third kappa shape index (κ3) is 2.74. The number of rotatable bonds is 4. The van der Waals surface area contributed by atoms with E-state index in [1.165, 1.54) is 0 Å². The standard InChI is InChI=1S/C13H11ClN4O2S/c1-2-20-13(19)9-5-8-3-4-18(11(8)6-15-9)7-10-12(14)21-17-16-10/h3-6H,2,7H2,1H3. The second kappa shape index (κ2) is 5.79. The molecule has 0 spiro atoms. The highest BCUT2D eigenvalue weighted by atomic mass is 35.5. The second-order valence-electron chi connectivity index (χ2n) is 4.29. The highest BCUT2D eigenvalue weighted by Gasteiger charge is 2.12. The van der Waals surface area contributed by atoms with Gasteiger partial charge in [0.2, 0.25) is 0 Å². The molecule has 0 fully saturated rings. The first-order valence-corrected chi connectivity index (χ1v) is 7.43. The molecule has 0 saturated heterocycles. The number of ether oxygens (including phenoxy) is 1. The zero-order valence-corrected chi connectivity index (χ0v) is 12.7. The minimum absolute atomic E-state index is 0.301. The van der Waals surface area contributed by atoms with Crippen LogP contribution in [0.5, 0.6) is 0 Å². The zero-order valence-electron chi connectivity index (χ0n) is 11.1. The number of hydrogen-bond acceptors (Lipinski definition) is 6. The highest BCUT2D eigenvalue weighted by molar-refractivity contribution is 7.10. The van der Waals surface area contributed by atoms with Crippen LogP contribution in [0.15, 0.2) is 24.5 Å². The fourth-order valence-corrected chi connectivity index (χ4v) is 2.61. The van der Waals surface area contributed by atoms with Crippen LogP contribution in [0.25, 0.3) is 10.9 Å². The van der Waals surface area contributed by atoms with E-state index in [0.717, 1.165) is 22.4 Å². The molecule has 21 heavy (non-hydrogen) atoms. The lowest BCUT2D eigenvalue weighted by Crippen LogP contribution is -2.07. The van der Waals surface area contributed by atoms with Crippen molar-refractivity contribution < 1.29 is 9.53 Å². The number of carbonyl (C=O) groups is 1. The minimum atomic E-state index is -0.418. The van der Waals surface area contributed by atoms with Crippen LogP contribution in [0.2, 0.25) is 4.34 Å². The molecule has 0 aromatic carbocycles. The van der Waals surface area contributed by atoms with Crippen LogP contribution in [0.1, 0.15) is 23.1 Å². The molecule has 0 N–H and O–H groups in total. The SMILES string of the molecule is CCOC(=O)c1cc2ccn(Cc3nnsc3Cl)c2cn1. The topological polar surface area (TPSA) is 69.9 Å². The Balaban J connectivity index is 1.92. The van der Waals surface area contributed by atoms with Crippen molar-refractivity contribution in [3.05, 3.63) is 40.3 Å². The molecule has 3 aromatic rings. The van der Waals surface area contributed by atoms with Crippen molar-refractivity contribution in [2.75, 3.05) is 6.61 Å². The van der Waals surface area contributed by atoms with Crippen LogP contribution in [-0.4, -0.2) is 31.7 Å². The molecule has 0 aliphatic carbocycles. The number of esters is 1. The number of pyridine rings is 1. The molecule has 0 bridgehead atoms. The summed E-state index contributed by atoms with van der Waals surface area (Å²) in [6, 6.07) is 3.62. The minimum Gasteiger partial charge on any atom is -0.461 e. The number of carbonyl (C=O) groups excluding carboxylic acids is 1. The van der Waals surface area contributed by atoms with E-state index in [2.05, 4.69) is 14.6 Å². The first kappa shape index (κ1) is 14.0. The first-order valence-electron chi connectivity index (χ1n) is 6.27. The van der Waals surface area contributed by atoms with Gasteiger partial charge in [-0.1, -0.05) is 16.1 Å². The Hall–Kier alpha value is -1.99. The molecule has 3 rings (SSSR count). The molecule has 0 radical (unpaired) electrons. The predicted octanol–water partition coefficient (Wildman–Crippen LogP) is 2.77. The predicted molar refractivity (Wildman–Crippen MR) is 79.7 cm³/mol. The number of halogens is 1. The monoisotopic (exact) mass is 322 g/mol. The molecule has 0 aliphatic heterocycles. The first-order chi connectivity index (χ1) is 10.2. The molecule has 108 valence electrons. The van der Waals surface area contributed by atoms with Crippen molar-refractivity contribution in [1.29, 1.82) is 0 Å². The Morgan fingerprint density at radius 2 is 2.38 bits per heavy atom. The number of nitrogens with zero attached hydrogens (tertiary/aromatic N) is 4. The fourth-order valence-electron chi connectivity index (χ4n) is 1.99. The average molecular weight is 323 g/mol. The summed E-state index contributed by atoms with van der Waals surface area (Å²) in [5, 5.41) is 4.90. The molecule has 0 unspecified atom stereocenters. The normalized spacial score (nSPS) is 11.0. The Kier molecular flexibility index (Phi) is 3.85. The van der Waals surface area contributed by atoms with Gasteiger partial charge in [0.05, 0.1) is 24.9 Å². The Bertz CT molecular complexity index is 798. The Morgan fingerprint density at radius 1 is 1.52 bits per heavy atom. The maximum Gasteiger partial charge on any atom is 0.356 e. The summed E-state index contributed by atoms with van der Waals surface area (Å²) in [6.07, 6.45) is 3.55. The van der Waals surface area contributed by atoms with Crippen LogP contribution < -0.4 is 0 Å². The van der Waals surface area contributed by atoms with Crippen LogP contribution in [0.4, 0.5) is 0 Å². The molecular weight excluding hydrogens is 312 g/mol. The van der Waals surface area contributed by atoms with Gasteiger partial charge in [-0.3, -0.25) is 0 Å². The van der Waals surface area contributed by atoms with Gasteiger partial charge in [0.25, 0.3) is 0 Å². The van der Waals surface area contributed by atoms with E-state index in [1.807, 2.05) is 16.8 Å². The largest absolute Gasteiger partial charge is 0.461 e. The van der Waals surface area contributed by atoms with Crippen molar-refractivity contribution in [3.63, 3.8) is 0 Å². The van der Waals surface area contributed by atoms with Crippen molar-refractivity contribution in [1.82, 2.24) is 19.1 Å². The molecule has 3 heterocycles. The second-order valence-corrected chi connectivity index (χ2v) is 5.64. The maximum absolute atomic E-state index is 11.7.